The fourth-order valence-corrected chi connectivity index (χ4v) is 10.5. The number of benzene rings is 1. The van der Waals surface area contributed by atoms with Crippen LogP contribution in [0.15, 0.2) is 41.5 Å². The first kappa shape index (κ1) is 43.1. The number of esters is 2. The molecule has 0 radical (unpaired) electrons. The predicted molar refractivity (Wildman–Crippen MR) is 223 cm³/mol. The molecule has 5 aliphatic carbocycles. The molecule has 1 aromatic carbocycles. The summed E-state index contributed by atoms with van der Waals surface area (Å²) in [6, 6.07) is 7.03. The Morgan fingerprint density at radius 2 is 1.73 bits per heavy atom. The van der Waals surface area contributed by atoms with Crippen LogP contribution in [-0.2, 0) is 38.1 Å². The Morgan fingerprint density at radius 3 is 2.42 bits per heavy atom. The minimum Gasteiger partial charge on any atom is -0.460 e. The summed E-state index contributed by atoms with van der Waals surface area (Å²) < 4.78 is 31.4. The summed E-state index contributed by atoms with van der Waals surface area (Å²) in [5.41, 5.74) is 2.97. The Hall–Kier alpha value is -3.58. The molecular weight excluding hydrogens is 765 g/mol. The van der Waals surface area contributed by atoms with Gasteiger partial charge >= 0.3 is 11.9 Å². The number of carbonyl (C=O) groups is 4. The quantitative estimate of drug-likeness (QED) is 0.136. The van der Waals surface area contributed by atoms with E-state index in [1.807, 2.05) is 18.2 Å². The van der Waals surface area contributed by atoms with Crippen LogP contribution in [0.2, 0.25) is 0 Å². The van der Waals surface area contributed by atoms with Crippen LogP contribution in [0.25, 0.3) is 6.08 Å². The van der Waals surface area contributed by atoms with E-state index in [0.29, 0.717) is 34.5 Å². The molecule has 0 aromatic heterocycles. The summed E-state index contributed by atoms with van der Waals surface area (Å²) in [5.74, 6) is -0.633. The van der Waals surface area contributed by atoms with Crippen molar-refractivity contribution in [3.05, 3.63) is 52.6 Å². The minimum atomic E-state index is -0.756. The largest absolute Gasteiger partial charge is 0.460 e. The molecule has 60 heavy (non-hydrogen) atoms. The van der Waals surface area contributed by atoms with E-state index in [1.165, 1.54) is 18.4 Å². The van der Waals surface area contributed by atoms with Gasteiger partial charge in [0.1, 0.15) is 23.9 Å². The Morgan fingerprint density at radius 1 is 0.983 bits per heavy atom. The Bertz CT molecular complexity index is 1880. The summed E-state index contributed by atoms with van der Waals surface area (Å²) in [6.07, 6.45) is 12.5. The second-order valence-corrected chi connectivity index (χ2v) is 20.6. The average Bonchev–Trinajstić information content (AvgIpc) is 4.10. The van der Waals surface area contributed by atoms with Crippen LogP contribution in [0.3, 0.4) is 0 Å². The van der Waals surface area contributed by atoms with Crippen LogP contribution in [-0.4, -0.2) is 89.5 Å². The normalized spacial score (nSPS) is 32.6. The zero-order chi connectivity index (χ0) is 42.6. The van der Waals surface area contributed by atoms with Crippen molar-refractivity contribution in [2.75, 3.05) is 13.2 Å². The second-order valence-electron chi connectivity index (χ2n) is 20.6. The van der Waals surface area contributed by atoms with Crippen molar-refractivity contribution in [1.82, 2.24) is 10.6 Å². The molecule has 7 aliphatic rings. The lowest BCUT2D eigenvalue weighted by Crippen LogP contribution is -2.45. The first-order valence-corrected chi connectivity index (χ1v) is 22.6. The molecule has 0 spiro atoms. The van der Waals surface area contributed by atoms with Gasteiger partial charge in [-0.2, -0.15) is 0 Å². The van der Waals surface area contributed by atoms with E-state index in [2.05, 4.69) is 43.5 Å². The first-order chi connectivity index (χ1) is 28.4. The van der Waals surface area contributed by atoms with Crippen molar-refractivity contribution in [2.45, 2.75) is 172 Å². The third kappa shape index (κ3) is 9.57. The van der Waals surface area contributed by atoms with Crippen LogP contribution >= 0.6 is 0 Å². The van der Waals surface area contributed by atoms with Gasteiger partial charge in [0.15, 0.2) is 5.79 Å². The number of amides is 2. The summed E-state index contributed by atoms with van der Waals surface area (Å²) >= 11 is 0. The van der Waals surface area contributed by atoms with Crippen molar-refractivity contribution in [3.63, 3.8) is 0 Å². The average molecular weight is 831 g/mol. The first-order valence-electron chi connectivity index (χ1n) is 22.6. The Balaban J connectivity index is 0.919. The third-order valence-electron chi connectivity index (χ3n) is 14.2. The lowest BCUT2D eigenvalue weighted by molar-refractivity contribution is -0.209. The van der Waals surface area contributed by atoms with E-state index < -0.39 is 47.7 Å². The molecule has 12 nitrogen and oxygen atoms in total. The van der Waals surface area contributed by atoms with Crippen LogP contribution < -0.4 is 10.6 Å². The highest BCUT2D eigenvalue weighted by molar-refractivity contribution is 5.94. The van der Waals surface area contributed by atoms with Gasteiger partial charge in [0.05, 0.1) is 29.9 Å². The Labute approximate surface area is 354 Å². The molecule has 2 saturated heterocycles. The van der Waals surface area contributed by atoms with E-state index in [9.17, 15) is 24.3 Å². The fraction of sp³-hybridized carbons (Fsp3) is 0.708. The van der Waals surface area contributed by atoms with Crippen LogP contribution in [0.5, 0.6) is 0 Å². The summed E-state index contributed by atoms with van der Waals surface area (Å²) in [5, 5.41) is 15.4. The molecule has 12 heteroatoms. The molecule has 3 N–H and O–H groups in total. The third-order valence-corrected chi connectivity index (χ3v) is 14.2. The zero-order valence-corrected chi connectivity index (χ0v) is 36.4. The maximum absolute atomic E-state index is 14.1. The van der Waals surface area contributed by atoms with Crippen molar-refractivity contribution in [3.8, 4) is 0 Å². The van der Waals surface area contributed by atoms with Gasteiger partial charge in [0.25, 0.3) is 0 Å². The number of fused-ring (bicyclic) bond motifs is 3. The highest BCUT2D eigenvalue weighted by atomic mass is 16.8. The zero-order valence-electron chi connectivity index (χ0n) is 36.4. The van der Waals surface area contributed by atoms with Gasteiger partial charge in [0, 0.05) is 43.2 Å². The number of allylic oxidation sites excluding steroid dienone is 1. The van der Waals surface area contributed by atoms with Crippen molar-refractivity contribution in [1.29, 1.82) is 0 Å². The number of hydrogen-bond acceptors (Lipinski definition) is 10. The topological polar surface area (TPSA) is 162 Å². The van der Waals surface area contributed by atoms with Crippen molar-refractivity contribution < 1.29 is 48.0 Å². The molecule has 6 fully saturated rings. The number of ether oxygens (including phenoxy) is 5. The number of epoxide rings is 1. The smallest absolute Gasteiger partial charge is 0.338 e. The highest BCUT2D eigenvalue weighted by Gasteiger charge is 2.64. The van der Waals surface area contributed by atoms with Crippen molar-refractivity contribution >= 4 is 29.8 Å². The number of nitrogens with one attached hydrogen (secondary N) is 2. The molecule has 0 bridgehead atoms. The number of rotatable bonds is 14. The van der Waals surface area contributed by atoms with Gasteiger partial charge in [0.2, 0.25) is 11.8 Å². The molecule has 2 amide bonds. The molecule has 1 aromatic rings. The van der Waals surface area contributed by atoms with E-state index in [1.54, 1.807) is 26.8 Å². The molecule has 1 unspecified atom stereocenters. The maximum Gasteiger partial charge on any atom is 0.338 e. The van der Waals surface area contributed by atoms with E-state index in [-0.39, 0.29) is 68.1 Å². The summed E-state index contributed by atoms with van der Waals surface area (Å²) in [4.78, 5) is 52.6. The lowest BCUT2D eigenvalue weighted by Gasteiger charge is -2.53. The van der Waals surface area contributed by atoms with Crippen LogP contribution in [0.1, 0.15) is 141 Å². The van der Waals surface area contributed by atoms with Crippen molar-refractivity contribution in [2.24, 2.45) is 29.1 Å². The van der Waals surface area contributed by atoms with Crippen LogP contribution in [0.4, 0.5) is 0 Å². The highest BCUT2D eigenvalue weighted by Crippen LogP contribution is 2.61. The molecule has 2 heterocycles. The molecule has 8 rings (SSSR count). The number of aliphatic hydroxyl groups excluding tert-OH is 1. The number of aliphatic hydroxyl groups is 1. The van der Waals surface area contributed by atoms with Gasteiger partial charge in [-0.3, -0.25) is 14.4 Å². The van der Waals surface area contributed by atoms with Gasteiger partial charge in [-0.1, -0.05) is 37.6 Å². The lowest BCUT2D eigenvalue weighted by atomic mass is 9.52. The van der Waals surface area contributed by atoms with Gasteiger partial charge in [-0.25, -0.2) is 4.79 Å². The summed E-state index contributed by atoms with van der Waals surface area (Å²) in [6.45, 7) is 12.1. The molecule has 4 saturated carbocycles. The molecular formula is C48H66N2O10. The maximum atomic E-state index is 14.1. The number of hydrogen-bond donors (Lipinski definition) is 3. The molecule has 2 aliphatic heterocycles. The molecule has 8 atom stereocenters. The predicted octanol–water partition coefficient (Wildman–Crippen LogP) is 6.72. The van der Waals surface area contributed by atoms with Gasteiger partial charge < -0.3 is 39.4 Å². The van der Waals surface area contributed by atoms with Gasteiger partial charge in [-0.05, 0) is 133 Å². The Kier molecular flexibility index (Phi) is 11.9. The van der Waals surface area contributed by atoms with E-state index in [0.717, 1.165) is 50.5 Å². The second kappa shape index (κ2) is 16.6. The minimum absolute atomic E-state index is 0.0159. The van der Waals surface area contributed by atoms with Crippen LogP contribution in [0, 0.1) is 29.1 Å². The SMILES string of the molecule is CC(C)(C)OC(=O)CC[C@@H](CO)NC(=O)CCNC(=O)C1=C[C@H]2OC(C3CC3)(C3CC3)O[C@H]2[C@H](OC(=O)c2cccc(C=C3CCC4O[C@]4(C)CC[C@@H]4[C@@H]3CC4(C)C)c2)C1. The molecule has 328 valence electrons. The van der Waals surface area contributed by atoms with E-state index in [4.69, 9.17) is 23.7 Å². The monoisotopic (exact) mass is 830 g/mol. The van der Waals surface area contributed by atoms with Gasteiger partial charge in [-0.15, -0.1) is 0 Å². The fourth-order valence-electron chi connectivity index (χ4n) is 10.5. The standard InChI is InChI=1S/C48H66N2O10/c1-45(2,3)59-41(53)17-15-34(27-51)50-40(52)19-21-49-43(54)31-24-37(42-38(25-31)57-48(60-42,32-11-12-32)33-13-14-33)56-44(55)30-9-7-8-28(23-30)22-29-10-16-39-47(6,58-39)20-18-36-35(29)26-46(36,4)5/h7-9,22-23,25,32-39,42,51H,10-21,24,26-27H2,1-6H3,(H,49,54)(H,50,52)/t34-,35+,36+,37+,38+,39?,42-,47+/m0/s1. The van der Waals surface area contributed by atoms with E-state index >= 15 is 0 Å². The summed E-state index contributed by atoms with van der Waals surface area (Å²) in [7, 11) is 0. The number of carbonyl (C=O) groups excluding carboxylic acids is 4.